The summed E-state index contributed by atoms with van der Waals surface area (Å²) in [5.74, 6) is 0.392. The molecule has 0 bridgehead atoms. The third-order valence-corrected chi connectivity index (χ3v) is 0.991. The van der Waals surface area contributed by atoms with E-state index in [0.717, 1.165) is 0 Å². The second-order valence-electron chi connectivity index (χ2n) is 2.30. The Bertz CT molecular complexity index is 329. The minimum atomic E-state index is -0.426. The Hall–Kier alpha value is -1.72. The summed E-state index contributed by atoms with van der Waals surface area (Å²) in [7, 11) is 3.48. The summed E-state index contributed by atoms with van der Waals surface area (Å²) in [4.78, 5) is 16.5. The molecule has 1 heterocycles. The Morgan fingerprint density at radius 3 is 2.92 bits per heavy atom. The molecule has 0 fully saturated rings. The zero-order chi connectivity index (χ0) is 8.97. The van der Waals surface area contributed by atoms with Crippen molar-refractivity contribution in [2.24, 2.45) is 10.3 Å². The molecule has 0 saturated carbocycles. The predicted octanol–water partition coefficient (Wildman–Crippen LogP) is 0.330. The number of aromatic nitrogens is 2. The number of nitrogens with zero attached hydrogens (tertiary/aromatic N) is 4. The van der Waals surface area contributed by atoms with Gasteiger partial charge in [-0.2, -0.15) is 0 Å². The van der Waals surface area contributed by atoms with Gasteiger partial charge in [0.15, 0.2) is 5.82 Å². The van der Waals surface area contributed by atoms with E-state index in [4.69, 9.17) is 0 Å². The number of rotatable bonds is 2. The molecule has 64 valence electrons. The first-order valence-electron chi connectivity index (χ1n) is 3.33. The first-order chi connectivity index (χ1) is 5.68. The molecule has 0 saturated heterocycles. The van der Waals surface area contributed by atoms with Crippen molar-refractivity contribution in [2.45, 2.75) is 0 Å². The molecule has 0 spiro atoms. The quantitative estimate of drug-likeness (QED) is 0.509. The van der Waals surface area contributed by atoms with Crippen molar-refractivity contribution < 1.29 is 0 Å². The van der Waals surface area contributed by atoms with Gasteiger partial charge in [0.05, 0.1) is 0 Å². The molecule has 0 amide bonds. The van der Waals surface area contributed by atoms with Gasteiger partial charge in [-0.05, 0) is 0 Å². The van der Waals surface area contributed by atoms with E-state index in [-0.39, 0.29) is 0 Å². The number of aromatic amines is 1. The molecule has 6 nitrogen and oxygen atoms in total. The van der Waals surface area contributed by atoms with E-state index in [1.807, 2.05) is 0 Å². The van der Waals surface area contributed by atoms with E-state index < -0.39 is 5.69 Å². The zero-order valence-corrected chi connectivity index (χ0v) is 6.85. The monoisotopic (exact) mass is 167 g/mol. The molecule has 0 aliphatic carbocycles. The summed E-state index contributed by atoms with van der Waals surface area (Å²) in [6, 6.07) is 1.56. The van der Waals surface area contributed by atoms with Crippen LogP contribution in [0.4, 0.5) is 5.82 Å². The largest absolute Gasteiger partial charge is 0.346 e. The maximum atomic E-state index is 10.7. The summed E-state index contributed by atoms with van der Waals surface area (Å²) in [6.07, 6.45) is 1.38. The zero-order valence-electron chi connectivity index (χ0n) is 6.85. The topological polar surface area (TPSA) is 73.7 Å². The molecule has 1 rings (SSSR count). The van der Waals surface area contributed by atoms with Crippen LogP contribution in [-0.2, 0) is 0 Å². The third kappa shape index (κ3) is 2.49. The van der Waals surface area contributed by atoms with E-state index in [1.165, 1.54) is 11.2 Å². The van der Waals surface area contributed by atoms with Gasteiger partial charge >= 0.3 is 5.69 Å². The fourth-order valence-corrected chi connectivity index (χ4v) is 0.555. The van der Waals surface area contributed by atoms with Crippen LogP contribution in [0.5, 0.6) is 0 Å². The lowest BCUT2D eigenvalue weighted by molar-refractivity contribution is 0.407. The van der Waals surface area contributed by atoms with E-state index in [0.29, 0.717) is 5.82 Å². The van der Waals surface area contributed by atoms with Crippen molar-refractivity contribution in [2.75, 3.05) is 14.1 Å². The van der Waals surface area contributed by atoms with E-state index in [9.17, 15) is 4.79 Å². The second kappa shape index (κ2) is 3.61. The van der Waals surface area contributed by atoms with Crippen LogP contribution in [0.25, 0.3) is 0 Å². The SMILES string of the molecule is CN(C)/N=N/c1ccnc(=O)[nH]1. The van der Waals surface area contributed by atoms with Crippen LogP contribution < -0.4 is 5.69 Å². The number of hydrogen-bond donors (Lipinski definition) is 1. The number of H-pyrrole nitrogens is 1. The molecule has 12 heavy (non-hydrogen) atoms. The van der Waals surface area contributed by atoms with Crippen LogP contribution in [0.15, 0.2) is 27.4 Å². The second-order valence-corrected chi connectivity index (χ2v) is 2.30. The maximum Gasteiger partial charge on any atom is 0.346 e. The Balaban J connectivity index is 2.83. The summed E-state index contributed by atoms with van der Waals surface area (Å²) < 4.78 is 0. The lowest BCUT2D eigenvalue weighted by atomic mass is 10.6. The molecule has 1 aromatic heterocycles. The number of nitrogens with one attached hydrogen (secondary N) is 1. The molecule has 1 aromatic rings. The molecular formula is C6H9N5O. The van der Waals surface area contributed by atoms with Crippen LogP contribution >= 0.6 is 0 Å². The van der Waals surface area contributed by atoms with Gasteiger partial charge in [0.1, 0.15) is 0 Å². The summed E-state index contributed by atoms with van der Waals surface area (Å²) >= 11 is 0. The van der Waals surface area contributed by atoms with Gasteiger partial charge in [0.25, 0.3) is 0 Å². The summed E-state index contributed by atoms with van der Waals surface area (Å²) in [6.45, 7) is 0. The molecule has 0 aliphatic rings. The van der Waals surface area contributed by atoms with Gasteiger partial charge in [0.2, 0.25) is 0 Å². The molecule has 0 atom stereocenters. The van der Waals surface area contributed by atoms with Gasteiger partial charge < -0.3 is 0 Å². The molecule has 0 radical (unpaired) electrons. The van der Waals surface area contributed by atoms with Crippen molar-refractivity contribution >= 4 is 5.82 Å². The fraction of sp³-hybridized carbons (Fsp3) is 0.333. The number of hydrogen-bond acceptors (Lipinski definition) is 4. The third-order valence-electron chi connectivity index (χ3n) is 0.991. The molecule has 0 aromatic carbocycles. The fourth-order valence-electron chi connectivity index (χ4n) is 0.555. The van der Waals surface area contributed by atoms with Crippen molar-refractivity contribution in [1.82, 2.24) is 15.0 Å². The predicted molar refractivity (Wildman–Crippen MR) is 43.1 cm³/mol. The van der Waals surface area contributed by atoms with E-state index in [1.54, 1.807) is 20.2 Å². The molecule has 0 unspecified atom stereocenters. The Morgan fingerprint density at radius 2 is 2.33 bits per heavy atom. The molecular weight excluding hydrogens is 158 g/mol. The van der Waals surface area contributed by atoms with Gasteiger partial charge in [-0.25, -0.2) is 9.78 Å². The molecule has 0 aliphatic heterocycles. The highest BCUT2D eigenvalue weighted by Gasteiger charge is 1.89. The normalized spacial score (nSPS) is 10.5. The lowest BCUT2D eigenvalue weighted by Gasteiger charge is -1.99. The van der Waals surface area contributed by atoms with Crippen LogP contribution in [0.1, 0.15) is 0 Å². The molecule has 6 heteroatoms. The first-order valence-corrected chi connectivity index (χ1v) is 3.33. The van der Waals surface area contributed by atoms with Crippen molar-refractivity contribution in [3.63, 3.8) is 0 Å². The standard InChI is InChI=1S/C6H9N5O/c1-11(2)10-9-5-3-4-7-6(12)8-5/h3-4H,1-2H3,(H,7,8,12)/b10-9+. The van der Waals surface area contributed by atoms with Crippen molar-refractivity contribution in [3.8, 4) is 0 Å². The summed E-state index contributed by atoms with van der Waals surface area (Å²) in [5, 5.41) is 8.94. The Labute approximate surface area is 68.9 Å². The van der Waals surface area contributed by atoms with Crippen molar-refractivity contribution in [1.29, 1.82) is 0 Å². The minimum absolute atomic E-state index is 0.392. The van der Waals surface area contributed by atoms with Gasteiger partial charge in [0, 0.05) is 26.4 Å². The van der Waals surface area contributed by atoms with E-state index >= 15 is 0 Å². The highest BCUT2D eigenvalue weighted by atomic mass is 16.1. The van der Waals surface area contributed by atoms with Crippen LogP contribution in [0.3, 0.4) is 0 Å². The highest BCUT2D eigenvalue weighted by molar-refractivity contribution is 5.20. The van der Waals surface area contributed by atoms with Gasteiger partial charge in [-0.3, -0.25) is 9.99 Å². The van der Waals surface area contributed by atoms with E-state index in [2.05, 4.69) is 20.3 Å². The smallest absolute Gasteiger partial charge is 0.289 e. The highest BCUT2D eigenvalue weighted by Crippen LogP contribution is 2.02. The average molecular weight is 167 g/mol. The Kier molecular flexibility index (Phi) is 2.52. The first kappa shape index (κ1) is 8.38. The van der Waals surface area contributed by atoms with Crippen molar-refractivity contribution in [3.05, 3.63) is 22.7 Å². The maximum absolute atomic E-state index is 10.7. The Morgan fingerprint density at radius 1 is 1.58 bits per heavy atom. The molecule has 1 N–H and O–H groups in total. The van der Waals surface area contributed by atoms with Crippen LogP contribution in [0, 0.1) is 0 Å². The van der Waals surface area contributed by atoms with Gasteiger partial charge in [-0.1, -0.05) is 5.22 Å². The average Bonchev–Trinajstić information content (AvgIpc) is 2.01. The van der Waals surface area contributed by atoms with Gasteiger partial charge in [-0.15, -0.1) is 5.11 Å². The minimum Gasteiger partial charge on any atom is -0.289 e. The van der Waals surface area contributed by atoms with Crippen LogP contribution in [-0.4, -0.2) is 29.1 Å². The lowest BCUT2D eigenvalue weighted by Crippen LogP contribution is -2.07. The van der Waals surface area contributed by atoms with Crippen LogP contribution in [0.2, 0.25) is 0 Å². The summed E-state index contributed by atoms with van der Waals surface area (Å²) in [5.41, 5.74) is -0.426.